The minimum Gasteiger partial charge on any atom is -0.497 e. The lowest BCUT2D eigenvalue weighted by Gasteiger charge is -2.35. The molecule has 0 radical (unpaired) electrons. The van der Waals surface area contributed by atoms with Crippen molar-refractivity contribution in [3.05, 3.63) is 95.1 Å². The number of fused-ring (bicyclic) bond motifs is 1. The molecule has 166 valence electrons. The Morgan fingerprint density at radius 2 is 1.72 bits per heavy atom. The molecule has 1 aliphatic rings. The van der Waals surface area contributed by atoms with E-state index >= 15 is 0 Å². The Hall–Kier alpha value is -3.16. The lowest BCUT2D eigenvalue weighted by molar-refractivity contribution is 0.0696. The van der Waals surface area contributed by atoms with E-state index in [4.69, 9.17) is 9.84 Å². The molecule has 3 aromatic rings. The van der Waals surface area contributed by atoms with Gasteiger partial charge in [-0.05, 0) is 72.4 Å². The number of benzene rings is 3. The largest absolute Gasteiger partial charge is 0.497 e. The van der Waals surface area contributed by atoms with Crippen molar-refractivity contribution in [1.82, 2.24) is 4.31 Å². The van der Waals surface area contributed by atoms with Gasteiger partial charge < -0.3 is 9.84 Å². The summed E-state index contributed by atoms with van der Waals surface area (Å²) in [6, 6.07) is 20.4. The Labute approximate surface area is 188 Å². The van der Waals surface area contributed by atoms with Gasteiger partial charge in [0.15, 0.2) is 0 Å². The minimum absolute atomic E-state index is 0.0497. The number of nitrogens with zero attached hydrogens (tertiary/aromatic N) is 1. The van der Waals surface area contributed by atoms with E-state index in [1.54, 1.807) is 11.4 Å². The van der Waals surface area contributed by atoms with Crippen LogP contribution in [0.15, 0.2) is 77.7 Å². The number of carboxylic acid groups (broad SMARTS) is 1. The molecule has 6 nitrogen and oxygen atoms in total. The molecule has 0 aliphatic heterocycles. The number of carboxylic acids is 1. The van der Waals surface area contributed by atoms with Crippen molar-refractivity contribution in [2.24, 2.45) is 0 Å². The van der Waals surface area contributed by atoms with Gasteiger partial charge in [0, 0.05) is 6.54 Å². The van der Waals surface area contributed by atoms with Gasteiger partial charge in [-0.2, -0.15) is 4.31 Å². The summed E-state index contributed by atoms with van der Waals surface area (Å²) in [5.41, 5.74) is 3.09. The molecule has 0 spiro atoms. The third kappa shape index (κ3) is 4.40. The molecule has 0 saturated carbocycles. The maximum atomic E-state index is 13.8. The predicted molar refractivity (Wildman–Crippen MR) is 121 cm³/mol. The van der Waals surface area contributed by atoms with Crippen LogP contribution in [-0.2, 0) is 23.0 Å². The molecule has 7 heteroatoms. The van der Waals surface area contributed by atoms with E-state index in [0.717, 1.165) is 30.4 Å². The highest BCUT2D eigenvalue weighted by molar-refractivity contribution is 7.89. The van der Waals surface area contributed by atoms with Crippen LogP contribution in [-0.4, -0.2) is 30.9 Å². The summed E-state index contributed by atoms with van der Waals surface area (Å²) in [6.45, 7) is 0.200. The topological polar surface area (TPSA) is 83.9 Å². The molecule has 0 aromatic heterocycles. The summed E-state index contributed by atoms with van der Waals surface area (Å²) >= 11 is 0. The molecule has 1 aliphatic carbocycles. The molecule has 1 N–H and O–H groups in total. The number of carbonyl (C=O) groups is 1. The maximum absolute atomic E-state index is 13.8. The van der Waals surface area contributed by atoms with Gasteiger partial charge in [-0.25, -0.2) is 13.2 Å². The van der Waals surface area contributed by atoms with Crippen LogP contribution in [0.1, 0.15) is 45.9 Å². The average Bonchev–Trinajstić information content (AvgIpc) is 2.82. The Kier molecular flexibility index (Phi) is 6.30. The van der Waals surface area contributed by atoms with E-state index in [1.807, 2.05) is 42.5 Å². The number of rotatable bonds is 7. The first-order chi connectivity index (χ1) is 15.4. The molecule has 0 heterocycles. The second-order valence-corrected chi connectivity index (χ2v) is 9.73. The molecule has 4 rings (SSSR count). The van der Waals surface area contributed by atoms with E-state index in [2.05, 4.69) is 6.07 Å². The molecule has 0 saturated heterocycles. The smallest absolute Gasteiger partial charge is 0.335 e. The summed E-state index contributed by atoms with van der Waals surface area (Å²) in [7, 11) is -2.30. The van der Waals surface area contributed by atoms with Crippen LogP contribution in [0.3, 0.4) is 0 Å². The molecule has 32 heavy (non-hydrogen) atoms. The molecule has 0 bridgehead atoms. The SMILES string of the molecule is COc1ccc(CN(C2CCCc3ccccc32)S(=O)(=O)c2ccc(C(=O)O)cc2)cc1. The lowest BCUT2D eigenvalue weighted by atomic mass is 9.87. The molecular weight excluding hydrogens is 426 g/mol. The zero-order chi connectivity index (χ0) is 22.7. The molecular formula is C25H25NO5S. The Morgan fingerprint density at radius 3 is 2.38 bits per heavy atom. The van der Waals surface area contributed by atoms with Crippen molar-refractivity contribution in [1.29, 1.82) is 0 Å². The highest BCUT2D eigenvalue weighted by atomic mass is 32.2. The summed E-state index contributed by atoms with van der Waals surface area (Å²) < 4.78 is 34.4. The number of ether oxygens (including phenoxy) is 1. The number of aryl methyl sites for hydroxylation is 1. The third-order valence-corrected chi connectivity index (χ3v) is 7.76. The van der Waals surface area contributed by atoms with E-state index in [1.165, 1.54) is 29.8 Å². The number of hydrogen-bond acceptors (Lipinski definition) is 4. The van der Waals surface area contributed by atoms with E-state index < -0.39 is 16.0 Å². The van der Waals surface area contributed by atoms with Crippen molar-refractivity contribution >= 4 is 16.0 Å². The van der Waals surface area contributed by atoms with Crippen LogP contribution in [0, 0.1) is 0 Å². The summed E-state index contributed by atoms with van der Waals surface area (Å²) in [6.07, 6.45) is 2.55. The van der Waals surface area contributed by atoms with Crippen molar-refractivity contribution in [3.63, 3.8) is 0 Å². The lowest BCUT2D eigenvalue weighted by Crippen LogP contribution is -2.36. The van der Waals surface area contributed by atoms with Gasteiger partial charge in [0.2, 0.25) is 10.0 Å². The maximum Gasteiger partial charge on any atom is 0.335 e. The van der Waals surface area contributed by atoms with Crippen molar-refractivity contribution < 1.29 is 23.1 Å². The highest BCUT2D eigenvalue weighted by Gasteiger charge is 2.35. The zero-order valence-corrected chi connectivity index (χ0v) is 18.6. The van der Waals surface area contributed by atoms with Crippen LogP contribution in [0.2, 0.25) is 0 Å². The van der Waals surface area contributed by atoms with Gasteiger partial charge in [0.25, 0.3) is 0 Å². The quantitative estimate of drug-likeness (QED) is 0.565. The summed E-state index contributed by atoms with van der Waals surface area (Å²) in [5.74, 6) is -0.388. The van der Waals surface area contributed by atoms with Crippen molar-refractivity contribution in [2.75, 3.05) is 7.11 Å². The third-order valence-electron chi connectivity index (χ3n) is 5.89. The highest BCUT2D eigenvalue weighted by Crippen LogP contribution is 2.38. The number of sulfonamides is 1. The molecule has 0 fully saturated rings. The standard InChI is InChI=1S/C25H25NO5S/c1-31-21-13-9-18(10-14-21)17-26(24-8-4-6-19-5-2-3-7-23(19)24)32(29,30)22-15-11-20(12-16-22)25(27)28/h2-3,5,7,9-16,24H,4,6,8,17H2,1H3,(H,27,28). The van der Waals surface area contributed by atoms with Crippen molar-refractivity contribution in [3.8, 4) is 5.75 Å². The first-order valence-corrected chi connectivity index (χ1v) is 11.9. The Morgan fingerprint density at radius 1 is 1.03 bits per heavy atom. The summed E-state index contributed by atoms with van der Waals surface area (Å²) in [4.78, 5) is 11.3. The number of hydrogen-bond donors (Lipinski definition) is 1. The normalized spacial score (nSPS) is 15.9. The first kappa shape index (κ1) is 22.0. The Bertz CT molecular complexity index is 1200. The van der Waals surface area contributed by atoms with E-state index in [9.17, 15) is 13.2 Å². The van der Waals surface area contributed by atoms with Crippen LogP contribution in [0.5, 0.6) is 5.75 Å². The van der Waals surface area contributed by atoms with E-state index in [0.29, 0.717) is 5.75 Å². The monoisotopic (exact) mass is 451 g/mol. The second kappa shape index (κ2) is 9.14. The van der Waals surface area contributed by atoms with Gasteiger partial charge in [0.05, 0.1) is 23.6 Å². The van der Waals surface area contributed by atoms with Gasteiger partial charge in [-0.1, -0.05) is 36.4 Å². The zero-order valence-electron chi connectivity index (χ0n) is 17.8. The minimum atomic E-state index is -3.89. The van der Waals surface area contributed by atoms with Gasteiger partial charge in [0.1, 0.15) is 5.75 Å². The van der Waals surface area contributed by atoms with Gasteiger partial charge in [-0.3, -0.25) is 0 Å². The van der Waals surface area contributed by atoms with Crippen LogP contribution in [0.25, 0.3) is 0 Å². The molecule has 1 unspecified atom stereocenters. The molecule has 3 aromatic carbocycles. The molecule has 1 atom stereocenters. The van der Waals surface area contributed by atoms with E-state index in [-0.39, 0.29) is 23.0 Å². The van der Waals surface area contributed by atoms with Gasteiger partial charge in [-0.15, -0.1) is 0 Å². The van der Waals surface area contributed by atoms with Crippen LogP contribution < -0.4 is 4.74 Å². The fourth-order valence-corrected chi connectivity index (χ4v) is 5.83. The number of methoxy groups -OCH3 is 1. The predicted octanol–water partition coefficient (Wildman–Crippen LogP) is 4.66. The van der Waals surface area contributed by atoms with Crippen LogP contribution in [0.4, 0.5) is 0 Å². The van der Waals surface area contributed by atoms with Crippen molar-refractivity contribution in [2.45, 2.75) is 36.7 Å². The van der Waals surface area contributed by atoms with Gasteiger partial charge >= 0.3 is 5.97 Å². The fraction of sp³-hybridized carbons (Fsp3) is 0.240. The second-order valence-electron chi connectivity index (χ2n) is 7.83. The first-order valence-electron chi connectivity index (χ1n) is 10.5. The van der Waals surface area contributed by atoms with Crippen LogP contribution >= 0.6 is 0 Å². The molecule has 0 amide bonds. The number of aromatic carboxylic acids is 1. The average molecular weight is 452 g/mol. The Balaban J connectivity index is 1.77. The fourth-order valence-electron chi connectivity index (χ4n) is 4.21. The summed E-state index contributed by atoms with van der Waals surface area (Å²) in [5, 5.41) is 9.17.